The first-order chi connectivity index (χ1) is 4.51. The predicted octanol–water partition coefficient (Wildman–Crippen LogP) is 0.485. The summed E-state index contributed by atoms with van der Waals surface area (Å²) in [5.74, 6) is -0.432. The average molecular weight is 145 g/mol. The van der Waals surface area contributed by atoms with E-state index in [1.165, 1.54) is 0 Å². The molecule has 0 unspecified atom stereocenters. The summed E-state index contributed by atoms with van der Waals surface area (Å²) in [4.78, 5) is 0. The van der Waals surface area contributed by atoms with E-state index in [-0.39, 0.29) is 12.1 Å². The highest BCUT2D eigenvalue weighted by atomic mass is 16.7. The Labute approximate surface area is 61.5 Å². The van der Waals surface area contributed by atoms with Gasteiger partial charge in [0.1, 0.15) is 0 Å². The maximum Gasteiger partial charge on any atom is 0.163 e. The molecular formula is C7H15NO2. The van der Waals surface area contributed by atoms with Crippen molar-refractivity contribution in [2.45, 2.75) is 38.7 Å². The molecule has 0 saturated carbocycles. The summed E-state index contributed by atoms with van der Waals surface area (Å²) >= 11 is 0. The molecule has 0 aliphatic carbocycles. The van der Waals surface area contributed by atoms with E-state index in [0.717, 1.165) is 0 Å². The fourth-order valence-electron chi connectivity index (χ4n) is 0.975. The summed E-state index contributed by atoms with van der Waals surface area (Å²) in [6, 6.07) is 0.0572. The highest BCUT2D eigenvalue weighted by Crippen LogP contribution is 2.23. The van der Waals surface area contributed by atoms with Gasteiger partial charge in [0.05, 0.1) is 12.7 Å². The fourth-order valence-corrected chi connectivity index (χ4v) is 0.975. The molecule has 0 bridgehead atoms. The first-order valence-corrected chi connectivity index (χ1v) is 3.58. The van der Waals surface area contributed by atoms with Crippen molar-refractivity contribution in [3.63, 3.8) is 0 Å². The van der Waals surface area contributed by atoms with Gasteiger partial charge in [-0.25, -0.2) is 0 Å². The van der Waals surface area contributed by atoms with Crippen LogP contribution in [-0.4, -0.2) is 24.5 Å². The summed E-state index contributed by atoms with van der Waals surface area (Å²) < 4.78 is 10.8. The molecule has 0 aromatic rings. The van der Waals surface area contributed by atoms with Gasteiger partial charge in [0.2, 0.25) is 0 Å². The van der Waals surface area contributed by atoms with Crippen LogP contribution in [0.5, 0.6) is 0 Å². The van der Waals surface area contributed by atoms with E-state index in [1.807, 2.05) is 20.8 Å². The summed E-state index contributed by atoms with van der Waals surface area (Å²) in [6.45, 7) is 6.34. The number of ether oxygens (including phenoxy) is 2. The van der Waals surface area contributed by atoms with Crippen LogP contribution in [0.3, 0.4) is 0 Å². The Morgan fingerprint density at radius 1 is 1.60 bits per heavy atom. The molecule has 2 N–H and O–H groups in total. The minimum absolute atomic E-state index is 0.0572. The Balaban J connectivity index is 2.43. The molecule has 0 amide bonds. The second-order valence-electron chi connectivity index (χ2n) is 3.23. The molecule has 10 heavy (non-hydrogen) atoms. The van der Waals surface area contributed by atoms with Crippen molar-refractivity contribution in [2.24, 2.45) is 5.73 Å². The third-order valence-corrected chi connectivity index (χ3v) is 1.62. The normalized spacial score (nSPS) is 34.2. The van der Waals surface area contributed by atoms with E-state index in [9.17, 15) is 0 Å². The highest BCUT2D eigenvalue weighted by Gasteiger charge is 2.34. The van der Waals surface area contributed by atoms with Crippen molar-refractivity contribution in [2.75, 3.05) is 6.61 Å². The van der Waals surface area contributed by atoms with Crippen molar-refractivity contribution in [3.8, 4) is 0 Å². The first kappa shape index (κ1) is 7.98. The van der Waals surface area contributed by atoms with E-state index in [1.54, 1.807) is 0 Å². The topological polar surface area (TPSA) is 44.5 Å². The van der Waals surface area contributed by atoms with Crippen LogP contribution < -0.4 is 5.73 Å². The molecule has 1 rings (SSSR count). The van der Waals surface area contributed by atoms with E-state index in [2.05, 4.69) is 0 Å². The Bertz CT molecular complexity index is 123. The highest BCUT2D eigenvalue weighted by molar-refractivity contribution is 4.76. The van der Waals surface area contributed by atoms with E-state index < -0.39 is 5.79 Å². The van der Waals surface area contributed by atoms with Crippen molar-refractivity contribution in [1.82, 2.24) is 0 Å². The Morgan fingerprint density at radius 2 is 2.20 bits per heavy atom. The molecule has 0 aromatic heterocycles. The lowest BCUT2D eigenvalue weighted by Gasteiger charge is -2.18. The van der Waals surface area contributed by atoms with Crippen LogP contribution in [-0.2, 0) is 9.47 Å². The zero-order chi connectivity index (χ0) is 7.78. The van der Waals surface area contributed by atoms with E-state index >= 15 is 0 Å². The standard InChI is InChI=1S/C7H15NO2/c1-5(8)6-4-9-7(2,3)10-6/h5-6H,4,8H2,1-3H3/t5-,6+/m0/s1. The molecule has 1 aliphatic heterocycles. The minimum atomic E-state index is -0.432. The lowest BCUT2D eigenvalue weighted by atomic mass is 10.2. The minimum Gasteiger partial charge on any atom is -0.348 e. The van der Waals surface area contributed by atoms with Gasteiger partial charge < -0.3 is 15.2 Å². The molecule has 0 radical (unpaired) electrons. The zero-order valence-corrected chi connectivity index (χ0v) is 6.76. The van der Waals surface area contributed by atoms with Gasteiger partial charge in [0.25, 0.3) is 0 Å². The lowest BCUT2D eigenvalue weighted by Crippen LogP contribution is -2.34. The van der Waals surface area contributed by atoms with Crippen LogP contribution in [0.4, 0.5) is 0 Å². The number of hydrogen-bond acceptors (Lipinski definition) is 3. The van der Waals surface area contributed by atoms with Gasteiger partial charge in [-0.15, -0.1) is 0 Å². The van der Waals surface area contributed by atoms with E-state index in [0.29, 0.717) is 6.61 Å². The Kier molecular flexibility index (Phi) is 1.99. The van der Waals surface area contributed by atoms with Gasteiger partial charge in [0, 0.05) is 6.04 Å². The first-order valence-electron chi connectivity index (χ1n) is 3.58. The van der Waals surface area contributed by atoms with Gasteiger partial charge in [-0.05, 0) is 20.8 Å². The number of nitrogens with two attached hydrogens (primary N) is 1. The monoisotopic (exact) mass is 145 g/mol. The summed E-state index contributed by atoms with van der Waals surface area (Å²) in [6.07, 6.45) is 0.0648. The number of hydrogen-bond donors (Lipinski definition) is 1. The summed E-state index contributed by atoms with van der Waals surface area (Å²) in [5, 5.41) is 0. The van der Waals surface area contributed by atoms with Crippen LogP contribution in [0.25, 0.3) is 0 Å². The van der Waals surface area contributed by atoms with Gasteiger partial charge in [0.15, 0.2) is 5.79 Å². The third kappa shape index (κ3) is 1.68. The smallest absolute Gasteiger partial charge is 0.163 e. The second-order valence-corrected chi connectivity index (χ2v) is 3.23. The molecule has 2 atom stereocenters. The van der Waals surface area contributed by atoms with Crippen LogP contribution in [0, 0.1) is 0 Å². The van der Waals surface area contributed by atoms with Crippen molar-refractivity contribution in [3.05, 3.63) is 0 Å². The van der Waals surface area contributed by atoms with Crippen LogP contribution in [0.1, 0.15) is 20.8 Å². The maximum absolute atomic E-state index is 5.61. The van der Waals surface area contributed by atoms with Gasteiger partial charge >= 0.3 is 0 Å². The van der Waals surface area contributed by atoms with Gasteiger partial charge in [-0.1, -0.05) is 0 Å². The zero-order valence-electron chi connectivity index (χ0n) is 6.76. The Morgan fingerprint density at radius 3 is 2.40 bits per heavy atom. The molecule has 1 saturated heterocycles. The molecule has 1 fully saturated rings. The molecule has 1 heterocycles. The van der Waals surface area contributed by atoms with Crippen LogP contribution in [0.2, 0.25) is 0 Å². The molecular weight excluding hydrogens is 130 g/mol. The lowest BCUT2D eigenvalue weighted by molar-refractivity contribution is -0.140. The molecule has 3 nitrogen and oxygen atoms in total. The largest absolute Gasteiger partial charge is 0.348 e. The van der Waals surface area contributed by atoms with E-state index in [4.69, 9.17) is 15.2 Å². The van der Waals surface area contributed by atoms with Crippen molar-refractivity contribution in [1.29, 1.82) is 0 Å². The fraction of sp³-hybridized carbons (Fsp3) is 1.00. The molecule has 3 heteroatoms. The van der Waals surface area contributed by atoms with Crippen LogP contribution >= 0.6 is 0 Å². The van der Waals surface area contributed by atoms with Crippen LogP contribution in [0.15, 0.2) is 0 Å². The summed E-state index contributed by atoms with van der Waals surface area (Å²) in [7, 11) is 0. The average Bonchev–Trinajstić information content (AvgIpc) is 2.10. The Hall–Kier alpha value is -0.120. The van der Waals surface area contributed by atoms with Gasteiger partial charge in [-0.3, -0.25) is 0 Å². The van der Waals surface area contributed by atoms with Crippen molar-refractivity contribution >= 4 is 0 Å². The SMILES string of the molecule is C[C@H](N)[C@H]1COC(C)(C)O1. The summed E-state index contributed by atoms with van der Waals surface area (Å²) in [5.41, 5.74) is 5.61. The predicted molar refractivity (Wildman–Crippen MR) is 38.6 cm³/mol. The molecule has 1 aliphatic rings. The van der Waals surface area contributed by atoms with Gasteiger partial charge in [-0.2, -0.15) is 0 Å². The maximum atomic E-state index is 5.61. The third-order valence-electron chi connectivity index (χ3n) is 1.62. The number of rotatable bonds is 1. The quantitative estimate of drug-likeness (QED) is 0.584. The molecule has 60 valence electrons. The second kappa shape index (κ2) is 2.49. The molecule has 0 aromatic carbocycles. The molecule has 0 spiro atoms. The van der Waals surface area contributed by atoms with Crippen molar-refractivity contribution < 1.29 is 9.47 Å².